The molecule has 198 valence electrons. The minimum atomic E-state index is -4.34. The van der Waals surface area contributed by atoms with Gasteiger partial charge in [0.2, 0.25) is 0 Å². The van der Waals surface area contributed by atoms with Gasteiger partial charge in [-0.2, -0.15) is 13.2 Å². The highest BCUT2D eigenvalue weighted by Crippen LogP contribution is 2.32. The van der Waals surface area contributed by atoms with Gasteiger partial charge in [0.05, 0.1) is 30.5 Å². The Morgan fingerprint density at radius 2 is 1.94 bits per heavy atom. The minimum absolute atomic E-state index is 0.0568. The Labute approximate surface area is 211 Å². The average Bonchev–Trinajstić information content (AvgIpc) is 3.19. The van der Waals surface area contributed by atoms with Gasteiger partial charge < -0.3 is 29.6 Å². The summed E-state index contributed by atoms with van der Waals surface area (Å²) in [7, 11) is 5.87. The number of alkyl halides is 3. The van der Waals surface area contributed by atoms with Crippen LogP contribution in [0.25, 0.3) is 10.9 Å². The van der Waals surface area contributed by atoms with Crippen LogP contribution in [0, 0.1) is 11.8 Å². The maximum absolute atomic E-state index is 13.5. The second kappa shape index (κ2) is 11.9. The molecule has 0 unspecified atom stereocenters. The largest absolute Gasteiger partial charge is 0.406 e. The van der Waals surface area contributed by atoms with Crippen molar-refractivity contribution in [3.05, 3.63) is 30.0 Å². The first-order chi connectivity index (χ1) is 17.2. The molecule has 0 amide bonds. The average molecular weight is 507 g/mol. The smallest absolute Gasteiger partial charge is 0.382 e. The molecule has 1 aromatic carbocycles. The normalized spacial score (nSPS) is 25.1. The number of methoxy groups -OCH3 is 1. The summed E-state index contributed by atoms with van der Waals surface area (Å²) < 4.78 is 52.6. The first-order valence-corrected chi connectivity index (χ1v) is 12.7. The van der Waals surface area contributed by atoms with E-state index in [1.54, 1.807) is 19.2 Å². The van der Waals surface area contributed by atoms with Crippen LogP contribution in [-0.2, 0) is 16.0 Å². The fourth-order valence-corrected chi connectivity index (χ4v) is 5.31. The van der Waals surface area contributed by atoms with Crippen LogP contribution in [0.3, 0.4) is 0 Å². The highest BCUT2D eigenvalue weighted by Gasteiger charge is 2.30. The van der Waals surface area contributed by atoms with Crippen molar-refractivity contribution in [3.8, 4) is 11.8 Å². The third-order valence-electron chi connectivity index (χ3n) is 7.35. The number of rotatable bonds is 7. The summed E-state index contributed by atoms with van der Waals surface area (Å²) in [5.74, 6) is 6.02. The number of nitrogens with zero attached hydrogens (tertiary/aromatic N) is 2. The first kappa shape index (κ1) is 26.8. The molecule has 1 saturated heterocycles. The van der Waals surface area contributed by atoms with Crippen molar-refractivity contribution in [2.24, 2.45) is 0 Å². The molecule has 4 rings (SSSR count). The van der Waals surface area contributed by atoms with Crippen molar-refractivity contribution in [2.45, 2.75) is 69.1 Å². The molecule has 2 atom stereocenters. The van der Waals surface area contributed by atoms with Gasteiger partial charge in [-0.25, -0.2) is 0 Å². The summed E-state index contributed by atoms with van der Waals surface area (Å²) in [5.41, 5.74) is 1.78. The quantitative estimate of drug-likeness (QED) is 0.551. The van der Waals surface area contributed by atoms with Gasteiger partial charge in [0.1, 0.15) is 6.54 Å². The first-order valence-electron chi connectivity index (χ1n) is 12.7. The van der Waals surface area contributed by atoms with E-state index in [9.17, 15) is 13.2 Å². The molecule has 0 spiro atoms. The zero-order valence-corrected chi connectivity index (χ0v) is 21.3. The molecule has 2 aromatic rings. The lowest BCUT2D eigenvalue weighted by Crippen LogP contribution is -2.47. The fraction of sp³-hybridized carbons (Fsp3) is 0.630. The van der Waals surface area contributed by atoms with Crippen LogP contribution in [-0.4, -0.2) is 80.8 Å². The Kier molecular flexibility index (Phi) is 8.83. The maximum Gasteiger partial charge on any atom is 0.406 e. The molecule has 1 aromatic heterocycles. The summed E-state index contributed by atoms with van der Waals surface area (Å²) in [6.07, 6.45) is 0.694. The van der Waals surface area contributed by atoms with Crippen molar-refractivity contribution in [1.82, 2.24) is 14.8 Å². The Morgan fingerprint density at radius 3 is 2.64 bits per heavy atom. The molecule has 0 radical (unpaired) electrons. The number of nitrogens with one attached hydrogen (secondary N) is 2. The van der Waals surface area contributed by atoms with E-state index in [0.29, 0.717) is 43.1 Å². The van der Waals surface area contributed by atoms with Crippen molar-refractivity contribution in [1.29, 1.82) is 0 Å². The Bertz CT molecular complexity index is 1060. The van der Waals surface area contributed by atoms with Crippen LogP contribution in [0.1, 0.15) is 37.8 Å². The van der Waals surface area contributed by atoms with E-state index in [0.717, 1.165) is 43.2 Å². The zero-order valence-electron chi connectivity index (χ0n) is 21.3. The molecule has 1 aliphatic carbocycles. The van der Waals surface area contributed by atoms with Gasteiger partial charge in [-0.15, -0.1) is 0 Å². The molecule has 2 N–H and O–H groups in total. The number of halogens is 3. The number of hydrogen-bond acceptors (Lipinski definition) is 5. The van der Waals surface area contributed by atoms with E-state index < -0.39 is 12.7 Å². The lowest BCUT2D eigenvalue weighted by Gasteiger charge is -2.33. The number of fused-ring (bicyclic) bond motifs is 1. The summed E-state index contributed by atoms with van der Waals surface area (Å²) >= 11 is 0. The highest BCUT2D eigenvalue weighted by atomic mass is 19.4. The second-order valence-electron chi connectivity index (χ2n) is 10.0. The van der Waals surface area contributed by atoms with E-state index >= 15 is 0 Å². The van der Waals surface area contributed by atoms with Crippen LogP contribution >= 0.6 is 0 Å². The van der Waals surface area contributed by atoms with Crippen LogP contribution in [0.15, 0.2) is 24.3 Å². The van der Waals surface area contributed by atoms with E-state index in [2.05, 4.69) is 41.5 Å². The van der Waals surface area contributed by atoms with Gasteiger partial charge in [0.15, 0.2) is 0 Å². The van der Waals surface area contributed by atoms with Gasteiger partial charge in [-0.3, -0.25) is 0 Å². The van der Waals surface area contributed by atoms with Gasteiger partial charge in [0, 0.05) is 42.9 Å². The van der Waals surface area contributed by atoms with E-state index in [4.69, 9.17) is 9.47 Å². The fourth-order valence-electron chi connectivity index (χ4n) is 5.31. The van der Waals surface area contributed by atoms with Crippen molar-refractivity contribution in [2.75, 3.05) is 46.3 Å². The van der Waals surface area contributed by atoms with E-state index in [-0.39, 0.29) is 12.1 Å². The summed E-state index contributed by atoms with van der Waals surface area (Å²) in [6, 6.07) is 8.30. The summed E-state index contributed by atoms with van der Waals surface area (Å²) in [4.78, 5) is 2.27. The Morgan fingerprint density at radius 1 is 1.17 bits per heavy atom. The van der Waals surface area contributed by atoms with Gasteiger partial charge in [0.25, 0.3) is 0 Å². The zero-order chi connectivity index (χ0) is 25.7. The number of benzene rings is 1. The predicted octanol–water partition coefficient (Wildman–Crippen LogP) is 4.23. The topological polar surface area (TPSA) is 50.7 Å². The maximum atomic E-state index is 13.5. The molecular weight excluding hydrogens is 469 g/mol. The third kappa shape index (κ3) is 6.74. The van der Waals surface area contributed by atoms with Crippen LogP contribution < -0.4 is 10.6 Å². The van der Waals surface area contributed by atoms with Crippen molar-refractivity contribution in [3.63, 3.8) is 0 Å². The molecule has 36 heavy (non-hydrogen) atoms. The van der Waals surface area contributed by atoms with Crippen molar-refractivity contribution >= 4 is 16.6 Å². The predicted molar refractivity (Wildman–Crippen MR) is 136 cm³/mol. The molecule has 9 heteroatoms. The Balaban J connectivity index is 1.53. The summed E-state index contributed by atoms with van der Waals surface area (Å²) in [5, 5.41) is 7.73. The monoisotopic (exact) mass is 506 g/mol. The molecule has 6 nitrogen and oxygen atoms in total. The minimum Gasteiger partial charge on any atom is -0.382 e. The molecular formula is C27H37F3N4O2. The number of ether oxygens (including phenoxy) is 2. The highest BCUT2D eigenvalue weighted by molar-refractivity contribution is 5.94. The Hall–Kier alpha value is -2.25. The molecule has 1 saturated carbocycles. The standard InChI is InChI=1S/C27H37F3N4O2/c1-33(2)20-11-9-19(10-12-20)32-23-7-4-8-25-22(23)16-21(34(25)18-27(28,29)30)6-5-14-31-24-13-15-36-17-26(24)35-3/h4,7-8,16,19-20,24,26,31-32H,9-15,17-18H2,1-3H3/t19-,20-,24-,26-/m1/s1. The molecule has 1 aliphatic heterocycles. The number of aromatic nitrogens is 1. The lowest BCUT2D eigenvalue weighted by atomic mass is 9.90. The molecule has 2 fully saturated rings. The molecule has 2 aliphatic rings. The SMILES string of the molecule is CO[C@@H]1COCC[C@H]1NCC#Cc1cc2c(N[C@H]3CC[C@H](N(C)C)CC3)cccc2n1CC(F)(F)F. The van der Waals surface area contributed by atoms with Crippen LogP contribution in [0.2, 0.25) is 0 Å². The number of hydrogen-bond donors (Lipinski definition) is 2. The van der Waals surface area contributed by atoms with Gasteiger partial charge in [-0.1, -0.05) is 12.0 Å². The van der Waals surface area contributed by atoms with Gasteiger partial charge in [-0.05, 0) is 70.3 Å². The van der Waals surface area contributed by atoms with Crippen molar-refractivity contribution < 1.29 is 22.6 Å². The number of anilines is 1. The lowest BCUT2D eigenvalue weighted by molar-refractivity contribution is -0.140. The molecule has 2 heterocycles. The summed E-state index contributed by atoms with van der Waals surface area (Å²) in [6.45, 7) is 0.459. The molecule has 0 bridgehead atoms. The van der Waals surface area contributed by atoms with Gasteiger partial charge >= 0.3 is 6.18 Å². The van der Waals surface area contributed by atoms with E-state index in [1.807, 2.05) is 12.1 Å². The second-order valence-corrected chi connectivity index (χ2v) is 10.0. The van der Waals surface area contributed by atoms with E-state index in [1.165, 1.54) is 4.57 Å². The van der Waals surface area contributed by atoms with Crippen LogP contribution in [0.4, 0.5) is 18.9 Å². The third-order valence-corrected chi connectivity index (χ3v) is 7.35. The van der Waals surface area contributed by atoms with Crippen LogP contribution in [0.5, 0.6) is 0 Å².